The number of hydrogen-bond donors (Lipinski definition) is 1. The molecule has 0 bridgehead atoms. The molecule has 1 amide bonds. The highest BCUT2D eigenvalue weighted by Crippen LogP contribution is 2.27. The molecule has 0 aromatic heterocycles. The van der Waals surface area contributed by atoms with E-state index >= 15 is 0 Å². The topological polar surface area (TPSA) is 68.2 Å². The molecule has 0 aliphatic carbocycles. The summed E-state index contributed by atoms with van der Waals surface area (Å²) in [7, 11) is 2.86. The minimum atomic E-state index is -0.425. The van der Waals surface area contributed by atoms with Crippen molar-refractivity contribution in [2.24, 2.45) is 0 Å². The van der Waals surface area contributed by atoms with Crippen molar-refractivity contribution in [1.29, 1.82) is 0 Å². The molecule has 1 aromatic carbocycles. The van der Waals surface area contributed by atoms with Gasteiger partial charge >= 0.3 is 0 Å². The molecule has 0 saturated carbocycles. The first-order valence-electron chi connectivity index (χ1n) is 6.55. The number of carbonyl (C=O) groups is 1. The Morgan fingerprint density at radius 2 is 2.25 bits per heavy atom. The van der Waals surface area contributed by atoms with E-state index in [2.05, 4.69) is 0 Å². The van der Waals surface area contributed by atoms with Gasteiger partial charge in [-0.1, -0.05) is 0 Å². The maximum Gasteiger partial charge on any atom is 0.280 e. The minimum absolute atomic E-state index is 0.146. The number of hydrogen-bond acceptors (Lipinski definition) is 5. The second-order valence-corrected chi connectivity index (χ2v) is 4.58. The first kappa shape index (κ1) is 14.6. The molecular weight excluding hydrogens is 262 g/mol. The standard InChI is InChI=1S/C14H19NO5/c1-15(18-2)14(17)11-7-6-10(9-12(11)16)20-13-5-3-4-8-19-13/h6-7,9,13,16H,3-5,8H2,1-2H3. The van der Waals surface area contributed by atoms with Crippen LogP contribution in [0, 0.1) is 0 Å². The lowest BCUT2D eigenvalue weighted by Gasteiger charge is -2.23. The summed E-state index contributed by atoms with van der Waals surface area (Å²) in [6.07, 6.45) is 2.65. The second-order valence-electron chi connectivity index (χ2n) is 4.58. The lowest BCUT2D eigenvalue weighted by molar-refractivity contribution is -0.105. The van der Waals surface area contributed by atoms with Crippen LogP contribution in [0.5, 0.6) is 11.5 Å². The summed E-state index contributed by atoms with van der Waals surface area (Å²) >= 11 is 0. The maximum absolute atomic E-state index is 11.9. The number of rotatable bonds is 4. The van der Waals surface area contributed by atoms with Crippen molar-refractivity contribution < 1.29 is 24.2 Å². The molecule has 1 atom stereocenters. The molecular formula is C14H19NO5. The van der Waals surface area contributed by atoms with Crippen molar-refractivity contribution >= 4 is 5.91 Å². The van der Waals surface area contributed by atoms with Gasteiger partial charge in [0.2, 0.25) is 0 Å². The van der Waals surface area contributed by atoms with E-state index < -0.39 is 5.91 Å². The van der Waals surface area contributed by atoms with Crippen LogP contribution < -0.4 is 4.74 Å². The maximum atomic E-state index is 11.9. The molecule has 0 radical (unpaired) electrons. The SMILES string of the molecule is CON(C)C(=O)c1ccc(OC2CCCCO2)cc1O. The number of ether oxygens (including phenoxy) is 2. The molecule has 6 heteroatoms. The summed E-state index contributed by atoms with van der Waals surface area (Å²) in [4.78, 5) is 16.7. The monoisotopic (exact) mass is 281 g/mol. The number of benzene rings is 1. The fraction of sp³-hybridized carbons (Fsp3) is 0.500. The number of amides is 1. The Hall–Kier alpha value is -1.79. The van der Waals surface area contributed by atoms with Crippen LogP contribution in [0.25, 0.3) is 0 Å². The van der Waals surface area contributed by atoms with Crippen molar-refractivity contribution in [1.82, 2.24) is 5.06 Å². The van der Waals surface area contributed by atoms with Gasteiger partial charge in [0.05, 0.1) is 19.3 Å². The van der Waals surface area contributed by atoms with Crippen molar-refractivity contribution in [3.8, 4) is 11.5 Å². The van der Waals surface area contributed by atoms with Gasteiger partial charge in [-0.05, 0) is 25.0 Å². The zero-order valence-corrected chi connectivity index (χ0v) is 11.7. The minimum Gasteiger partial charge on any atom is -0.507 e. The van der Waals surface area contributed by atoms with Crippen LogP contribution in [0.2, 0.25) is 0 Å². The quantitative estimate of drug-likeness (QED) is 0.854. The third kappa shape index (κ3) is 3.40. The molecule has 1 unspecified atom stereocenters. The molecule has 0 spiro atoms. The van der Waals surface area contributed by atoms with Gasteiger partial charge in [0.25, 0.3) is 5.91 Å². The molecule has 1 fully saturated rings. The van der Waals surface area contributed by atoms with E-state index in [-0.39, 0.29) is 17.6 Å². The molecule has 6 nitrogen and oxygen atoms in total. The molecule has 1 aliphatic rings. The number of phenolic OH excluding ortho intramolecular Hbond substituents is 1. The highest BCUT2D eigenvalue weighted by Gasteiger charge is 2.19. The molecule has 110 valence electrons. The summed E-state index contributed by atoms with van der Waals surface area (Å²) in [6, 6.07) is 4.55. The van der Waals surface area contributed by atoms with Crippen LogP contribution in [-0.4, -0.2) is 43.1 Å². The summed E-state index contributed by atoms with van der Waals surface area (Å²) in [5.41, 5.74) is 0.159. The van der Waals surface area contributed by atoms with Crippen molar-refractivity contribution in [2.45, 2.75) is 25.6 Å². The summed E-state index contributed by atoms with van der Waals surface area (Å²) in [5.74, 6) is -0.0938. The van der Waals surface area contributed by atoms with Crippen LogP contribution in [0.1, 0.15) is 29.6 Å². The first-order chi connectivity index (χ1) is 9.61. The Morgan fingerprint density at radius 1 is 1.45 bits per heavy atom. The van der Waals surface area contributed by atoms with Crippen LogP contribution in [-0.2, 0) is 9.57 Å². The van der Waals surface area contributed by atoms with Crippen LogP contribution in [0.3, 0.4) is 0 Å². The number of phenols is 1. The summed E-state index contributed by atoms with van der Waals surface area (Å²) in [5, 5.41) is 11.0. The molecule has 1 saturated heterocycles. The van der Waals surface area contributed by atoms with Crippen LogP contribution in [0.4, 0.5) is 0 Å². The summed E-state index contributed by atoms with van der Waals surface area (Å²) in [6.45, 7) is 0.686. The van der Waals surface area contributed by atoms with Crippen molar-refractivity contribution in [2.75, 3.05) is 20.8 Å². The average molecular weight is 281 g/mol. The van der Waals surface area contributed by atoms with E-state index in [0.717, 1.165) is 24.3 Å². The summed E-state index contributed by atoms with van der Waals surface area (Å²) < 4.78 is 11.1. The fourth-order valence-corrected chi connectivity index (χ4v) is 1.97. The third-order valence-electron chi connectivity index (χ3n) is 3.16. The first-order valence-corrected chi connectivity index (χ1v) is 6.55. The fourth-order valence-electron chi connectivity index (χ4n) is 1.97. The number of hydroxylamine groups is 2. The number of aromatic hydroxyl groups is 1. The number of nitrogens with zero attached hydrogens (tertiary/aromatic N) is 1. The predicted molar refractivity (Wildman–Crippen MR) is 71.4 cm³/mol. The van der Waals surface area contributed by atoms with Gasteiger partial charge in [-0.15, -0.1) is 0 Å². The van der Waals surface area contributed by atoms with E-state index in [9.17, 15) is 9.90 Å². The highest BCUT2D eigenvalue weighted by atomic mass is 16.7. The largest absolute Gasteiger partial charge is 0.507 e. The third-order valence-corrected chi connectivity index (χ3v) is 3.16. The smallest absolute Gasteiger partial charge is 0.280 e. The Balaban J connectivity index is 2.07. The zero-order valence-electron chi connectivity index (χ0n) is 11.7. The Labute approximate surface area is 117 Å². The molecule has 1 N–H and O–H groups in total. The van der Waals surface area contributed by atoms with E-state index in [1.807, 2.05) is 0 Å². The average Bonchev–Trinajstić information content (AvgIpc) is 2.47. The Bertz CT molecular complexity index is 471. The molecule has 1 aliphatic heterocycles. The lowest BCUT2D eigenvalue weighted by atomic mass is 10.1. The van der Waals surface area contributed by atoms with E-state index in [4.69, 9.17) is 14.3 Å². The second kappa shape index (κ2) is 6.58. The predicted octanol–water partition coefficient (Wildman–Crippen LogP) is 1.93. The van der Waals surface area contributed by atoms with Gasteiger partial charge in [-0.25, -0.2) is 5.06 Å². The van der Waals surface area contributed by atoms with Gasteiger partial charge in [0.1, 0.15) is 11.5 Å². The zero-order chi connectivity index (χ0) is 14.5. The van der Waals surface area contributed by atoms with Gasteiger partial charge < -0.3 is 14.6 Å². The molecule has 1 aromatic rings. The Morgan fingerprint density at radius 3 is 2.85 bits per heavy atom. The molecule has 2 rings (SSSR count). The Kier molecular flexibility index (Phi) is 4.81. The van der Waals surface area contributed by atoms with E-state index in [1.165, 1.54) is 26.3 Å². The van der Waals surface area contributed by atoms with Crippen molar-refractivity contribution in [3.63, 3.8) is 0 Å². The molecule has 20 heavy (non-hydrogen) atoms. The normalized spacial score (nSPS) is 18.6. The lowest BCUT2D eigenvalue weighted by Crippen LogP contribution is -2.26. The van der Waals surface area contributed by atoms with E-state index in [1.54, 1.807) is 6.07 Å². The van der Waals surface area contributed by atoms with Crippen LogP contribution in [0.15, 0.2) is 18.2 Å². The molecule has 1 heterocycles. The van der Waals surface area contributed by atoms with Gasteiger partial charge in [-0.3, -0.25) is 9.63 Å². The van der Waals surface area contributed by atoms with Gasteiger partial charge in [-0.2, -0.15) is 0 Å². The highest BCUT2D eigenvalue weighted by molar-refractivity contribution is 5.96. The van der Waals surface area contributed by atoms with E-state index in [0.29, 0.717) is 12.4 Å². The number of carbonyl (C=O) groups excluding carboxylic acids is 1. The van der Waals surface area contributed by atoms with Crippen molar-refractivity contribution in [3.05, 3.63) is 23.8 Å². The van der Waals surface area contributed by atoms with Crippen LogP contribution >= 0.6 is 0 Å². The van der Waals surface area contributed by atoms with Gasteiger partial charge in [0.15, 0.2) is 6.29 Å². The van der Waals surface area contributed by atoms with Gasteiger partial charge in [0, 0.05) is 19.5 Å².